The van der Waals surface area contributed by atoms with Crippen molar-refractivity contribution in [2.24, 2.45) is 0 Å². The van der Waals surface area contributed by atoms with Gasteiger partial charge in [-0.2, -0.15) is 0 Å². The third-order valence-corrected chi connectivity index (χ3v) is 4.17. The zero-order chi connectivity index (χ0) is 12.3. The number of aliphatic hydroxyl groups is 1. The first-order chi connectivity index (χ1) is 8.09. The van der Waals surface area contributed by atoms with E-state index in [9.17, 15) is 5.11 Å². The third-order valence-electron chi connectivity index (χ3n) is 3.31. The van der Waals surface area contributed by atoms with Crippen molar-refractivity contribution in [3.8, 4) is 0 Å². The van der Waals surface area contributed by atoms with Crippen LogP contribution in [0.5, 0.6) is 0 Å². The second-order valence-electron chi connectivity index (χ2n) is 4.77. The maximum atomic E-state index is 10.2. The molecule has 1 saturated carbocycles. The molecule has 1 aliphatic rings. The maximum absolute atomic E-state index is 10.2. The molecule has 4 heteroatoms. The van der Waals surface area contributed by atoms with Crippen molar-refractivity contribution in [1.82, 2.24) is 5.32 Å². The Balaban J connectivity index is 1.87. The first kappa shape index (κ1) is 13.3. The molecule has 17 heavy (non-hydrogen) atoms. The highest BCUT2D eigenvalue weighted by Gasteiger charge is 2.30. The fraction of sp³-hybridized carbons (Fsp3) is 0.538. The van der Waals surface area contributed by atoms with Crippen molar-refractivity contribution in [1.29, 1.82) is 0 Å². The van der Waals surface area contributed by atoms with E-state index < -0.39 is 5.60 Å². The normalized spacial score (nSPS) is 18.5. The van der Waals surface area contributed by atoms with E-state index in [-0.39, 0.29) is 0 Å². The molecule has 94 valence electrons. The molecule has 2 rings (SSSR count). The van der Waals surface area contributed by atoms with Gasteiger partial charge in [-0.3, -0.25) is 0 Å². The van der Waals surface area contributed by atoms with Crippen molar-refractivity contribution >= 4 is 27.5 Å². The minimum absolute atomic E-state index is 0.501. The SMILES string of the molecule is OC1(CNCc2cc(Br)ccc2Cl)CCCC1. The monoisotopic (exact) mass is 317 g/mol. The summed E-state index contributed by atoms with van der Waals surface area (Å²) in [6.07, 6.45) is 4.09. The molecular weight excluding hydrogens is 302 g/mol. The molecule has 1 fully saturated rings. The van der Waals surface area contributed by atoms with Crippen LogP contribution in [0.1, 0.15) is 31.2 Å². The summed E-state index contributed by atoms with van der Waals surface area (Å²) in [6, 6.07) is 5.82. The van der Waals surface area contributed by atoms with Crippen LogP contribution in [0.15, 0.2) is 22.7 Å². The lowest BCUT2D eigenvalue weighted by atomic mass is 10.0. The summed E-state index contributed by atoms with van der Waals surface area (Å²) < 4.78 is 1.03. The molecule has 0 spiro atoms. The fourth-order valence-corrected chi connectivity index (χ4v) is 2.91. The summed E-state index contributed by atoms with van der Waals surface area (Å²) >= 11 is 9.53. The Labute approximate surface area is 115 Å². The molecular formula is C13H17BrClNO. The summed E-state index contributed by atoms with van der Waals surface area (Å²) in [6.45, 7) is 1.34. The molecule has 0 unspecified atom stereocenters. The van der Waals surface area contributed by atoms with E-state index in [0.717, 1.165) is 40.7 Å². The van der Waals surface area contributed by atoms with Gasteiger partial charge in [-0.25, -0.2) is 0 Å². The van der Waals surface area contributed by atoms with E-state index in [0.29, 0.717) is 13.1 Å². The minimum atomic E-state index is -0.501. The van der Waals surface area contributed by atoms with Crippen molar-refractivity contribution in [3.05, 3.63) is 33.3 Å². The predicted molar refractivity (Wildman–Crippen MR) is 74.3 cm³/mol. The van der Waals surface area contributed by atoms with Crippen LogP contribution in [0.2, 0.25) is 5.02 Å². The van der Waals surface area contributed by atoms with E-state index in [1.165, 1.54) is 0 Å². The Kier molecular flexibility index (Phi) is 4.47. The van der Waals surface area contributed by atoms with Gasteiger partial charge in [-0.15, -0.1) is 0 Å². The third kappa shape index (κ3) is 3.68. The van der Waals surface area contributed by atoms with Gasteiger partial charge >= 0.3 is 0 Å². The zero-order valence-corrected chi connectivity index (χ0v) is 12.0. The van der Waals surface area contributed by atoms with Gasteiger partial charge < -0.3 is 10.4 Å². The first-order valence-corrected chi connectivity index (χ1v) is 7.13. The highest BCUT2D eigenvalue weighted by atomic mass is 79.9. The first-order valence-electron chi connectivity index (χ1n) is 5.96. The Morgan fingerprint density at radius 2 is 2.06 bits per heavy atom. The molecule has 0 aromatic heterocycles. The van der Waals surface area contributed by atoms with E-state index in [1.807, 2.05) is 18.2 Å². The number of hydrogen-bond acceptors (Lipinski definition) is 2. The van der Waals surface area contributed by atoms with Crippen LogP contribution in [0, 0.1) is 0 Å². The number of nitrogens with one attached hydrogen (secondary N) is 1. The lowest BCUT2D eigenvalue weighted by molar-refractivity contribution is 0.0475. The van der Waals surface area contributed by atoms with Crippen LogP contribution in [0.3, 0.4) is 0 Å². The van der Waals surface area contributed by atoms with Gasteiger partial charge in [0.2, 0.25) is 0 Å². The Hall–Kier alpha value is -0.0900. The zero-order valence-electron chi connectivity index (χ0n) is 9.68. The lowest BCUT2D eigenvalue weighted by Gasteiger charge is -2.22. The standard InChI is InChI=1S/C13H17BrClNO/c14-11-3-4-12(15)10(7-11)8-16-9-13(17)5-1-2-6-13/h3-4,7,16-17H,1-2,5-6,8-9H2. The summed E-state index contributed by atoms with van der Waals surface area (Å²) in [5.41, 5.74) is 0.556. The molecule has 2 nitrogen and oxygen atoms in total. The lowest BCUT2D eigenvalue weighted by Crippen LogP contribution is -2.37. The van der Waals surface area contributed by atoms with Crippen LogP contribution < -0.4 is 5.32 Å². The van der Waals surface area contributed by atoms with E-state index in [4.69, 9.17) is 11.6 Å². The summed E-state index contributed by atoms with van der Waals surface area (Å²) in [5.74, 6) is 0. The van der Waals surface area contributed by atoms with E-state index in [2.05, 4.69) is 21.2 Å². The second-order valence-corrected chi connectivity index (χ2v) is 6.09. The molecule has 1 aromatic carbocycles. The largest absolute Gasteiger partial charge is 0.389 e. The van der Waals surface area contributed by atoms with Gasteiger partial charge in [0.15, 0.2) is 0 Å². The van der Waals surface area contributed by atoms with Gasteiger partial charge in [0.25, 0.3) is 0 Å². The predicted octanol–water partition coefficient (Wildman–Crippen LogP) is 3.50. The molecule has 0 atom stereocenters. The van der Waals surface area contributed by atoms with Crippen LogP contribution in [-0.2, 0) is 6.54 Å². The number of hydrogen-bond donors (Lipinski definition) is 2. The number of halogens is 2. The average Bonchev–Trinajstić information content (AvgIpc) is 2.71. The minimum Gasteiger partial charge on any atom is -0.389 e. The van der Waals surface area contributed by atoms with Gasteiger partial charge in [0.05, 0.1) is 5.60 Å². The molecule has 0 amide bonds. The van der Waals surface area contributed by atoms with E-state index in [1.54, 1.807) is 0 Å². The quantitative estimate of drug-likeness (QED) is 0.890. The molecule has 0 aliphatic heterocycles. The van der Waals surface area contributed by atoms with Crippen molar-refractivity contribution in [3.63, 3.8) is 0 Å². The van der Waals surface area contributed by atoms with Crippen molar-refractivity contribution in [2.45, 2.75) is 37.8 Å². The van der Waals surface area contributed by atoms with Crippen molar-refractivity contribution < 1.29 is 5.11 Å². The average molecular weight is 319 g/mol. The smallest absolute Gasteiger partial charge is 0.0771 e. The van der Waals surface area contributed by atoms with Gasteiger partial charge in [0.1, 0.15) is 0 Å². The fourth-order valence-electron chi connectivity index (χ4n) is 2.32. The highest BCUT2D eigenvalue weighted by Crippen LogP contribution is 2.29. The Bertz CT molecular complexity index is 391. The Morgan fingerprint density at radius 3 is 2.76 bits per heavy atom. The van der Waals surface area contributed by atoms with Gasteiger partial charge in [-0.05, 0) is 36.6 Å². The molecule has 0 heterocycles. The van der Waals surface area contributed by atoms with Crippen LogP contribution in [0.4, 0.5) is 0 Å². The highest BCUT2D eigenvalue weighted by molar-refractivity contribution is 9.10. The molecule has 1 aromatic rings. The second kappa shape index (κ2) is 5.70. The van der Waals surface area contributed by atoms with E-state index >= 15 is 0 Å². The topological polar surface area (TPSA) is 32.3 Å². The number of benzene rings is 1. The molecule has 1 aliphatic carbocycles. The molecule has 0 bridgehead atoms. The van der Waals surface area contributed by atoms with Gasteiger partial charge in [0, 0.05) is 22.6 Å². The van der Waals surface area contributed by atoms with Crippen molar-refractivity contribution in [2.75, 3.05) is 6.54 Å². The van der Waals surface area contributed by atoms with Crippen LogP contribution in [0.25, 0.3) is 0 Å². The van der Waals surface area contributed by atoms with Crippen LogP contribution in [-0.4, -0.2) is 17.3 Å². The molecule has 0 saturated heterocycles. The summed E-state index contributed by atoms with van der Waals surface area (Å²) in [7, 11) is 0. The van der Waals surface area contributed by atoms with Gasteiger partial charge in [-0.1, -0.05) is 40.4 Å². The number of rotatable bonds is 4. The summed E-state index contributed by atoms with van der Waals surface area (Å²) in [5, 5.41) is 14.2. The molecule has 2 N–H and O–H groups in total. The Morgan fingerprint density at radius 1 is 1.35 bits per heavy atom. The maximum Gasteiger partial charge on any atom is 0.0771 e. The molecule has 0 radical (unpaired) electrons. The summed E-state index contributed by atoms with van der Waals surface area (Å²) in [4.78, 5) is 0. The van der Waals surface area contributed by atoms with Crippen LogP contribution >= 0.6 is 27.5 Å².